The molecule has 1 saturated heterocycles. The van der Waals surface area contributed by atoms with E-state index in [0.29, 0.717) is 22.4 Å². The summed E-state index contributed by atoms with van der Waals surface area (Å²) in [4.78, 5) is 28.5. The van der Waals surface area contributed by atoms with E-state index in [-0.39, 0.29) is 11.5 Å². The minimum atomic E-state index is -0.956. The Bertz CT molecular complexity index is 1340. The molecule has 34 heavy (non-hydrogen) atoms. The summed E-state index contributed by atoms with van der Waals surface area (Å²) in [7, 11) is 0. The topological polar surface area (TPSA) is 88.0 Å². The molecule has 0 saturated carbocycles. The number of hydrogen-bond donors (Lipinski definition) is 2. The third-order valence-electron chi connectivity index (χ3n) is 4.88. The number of amidine groups is 1. The second kappa shape index (κ2) is 10.7. The van der Waals surface area contributed by atoms with E-state index in [2.05, 4.69) is 48.8 Å². The number of nitrogens with zero attached hydrogens (tertiary/aromatic N) is 1. The highest BCUT2D eigenvalue weighted by Crippen LogP contribution is 2.31. The smallest absolute Gasteiger partial charge is 0.335 e. The summed E-state index contributed by atoms with van der Waals surface area (Å²) in [5, 5.41) is 12.4. The highest BCUT2D eigenvalue weighted by Gasteiger charge is 2.24. The molecule has 9 heteroatoms. The van der Waals surface area contributed by atoms with Gasteiger partial charge in [0.15, 0.2) is 5.17 Å². The zero-order valence-electron chi connectivity index (χ0n) is 17.8. The number of carbonyl (C=O) groups excluding carboxylic acids is 1. The number of carbonyl (C=O) groups is 2. The average molecular weight is 649 g/mol. The summed E-state index contributed by atoms with van der Waals surface area (Å²) in [6.07, 6.45) is 1.83. The van der Waals surface area contributed by atoms with Crippen LogP contribution in [-0.4, -0.2) is 22.2 Å². The Morgan fingerprint density at radius 2 is 1.94 bits per heavy atom. The third-order valence-corrected chi connectivity index (χ3v) is 7.13. The number of aliphatic imine (C=N–C) groups is 1. The molecule has 0 spiro atoms. The maximum atomic E-state index is 12.4. The first kappa shape index (κ1) is 24.5. The summed E-state index contributed by atoms with van der Waals surface area (Å²) >= 11 is 6.94. The van der Waals surface area contributed by atoms with Gasteiger partial charge in [0.2, 0.25) is 0 Å². The molecule has 0 unspecified atom stereocenters. The zero-order chi connectivity index (χ0) is 24.2. The fourth-order valence-electron chi connectivity index (χ4n) is 3.11. The third kappa shape index (κ3) is 6.08. The molecule has 3 aromatic rings. The molecular formula is C25H18BrIN2O4S. The van der Waals surface area contributed by atoms with Gasteiger partial charge in [-0.1, -0.05) is 34.1 Å². The van der Waals surface area contributed by atoms with Gasteiger partial charge in [0, 0.05) is 4.47 Å². The SMILES string of the molecule is Cc1cc(Br)ccc1N=C1NC(=O)/C(=C/c2ccc(OCc3ccc(C(=O)O)cc3)c(I)c2)S1. The maximum Gasteiger partial charge on any atom is 0.335 e. The van der Waals surface area contributed by atoms with Crippen LogP contribution in [0.1, 0.15) is 27.0 Å². The Morgan fingerprint density at radius 3 is 2.62 bits per heavy atom. The van der Waals surface area contributed by atoms with Crippen LogP contribution in [0.5, 0.6) is 5.75 Å². The Balaban J connectivity index is 1.44. The first-order valence-corrected chi connectivity index (χ1v) is 12.8. The molecule has 0 bridgehead atoms. The molecule has 2 N–H and O–H groups in total. The molecule has 6 nitrogen and oxygen atoms in total. The van der Waals surface area contributed by atoms with Gasteiger partial charge in [-0.05, 0) is 107 Å². The fraction of sp³-hybridized carbons (Fsp3) is 0.0800. The summed E-state index contributed by atoms with van der Waals surface area (Å²) in [5.41, 5.74) is 3.81. The molecule has 3 aromatic carbocycles. The molecule has 0 aliphatic carbocycles. The zero-order valence-corrected chi connectivity index (χ0v) is 22.4. The van der Waals surface area contributed by atoms with Crippen LogP contribution < -0.4 is 10.1 Å². The van der Waals surface area contributed by atoms with Crippen LogP contribution in [0.25, 0.3) is 6.08 Å². The molecular weight excluding hydrogens is 631 g/mol. The van der Waals surface area contributed by atoms with Gasteiger partial charge in [0.1, 0.15) is 12.4 Å². The monoisotopic (exact) mass is 648 g/mol. The second-order valence-electron chi connectivity index (χ2n) is 7.39. The van der Waals surface area contributed by atoms with Crippen LogP contribution in [0.15, 0.2) is 75.0 Å². The van der Waals surface area contributed by atoms with Crippen molar-refractivity contribution in [2.45, 2.75) is 13.5 Å². The highest BCUT2D eigenvalue weighted by atomic mass is 127. The van der Waals surface area contributed by atoms with Crippen LogP contribution in [-0.2, 0) is 11.4 Å². The average Bonchev–Trinajstić information content (AvgIpc) is 3.14. The van der Waals surface area contributed by atoms with Crippen molar-refractivity contribution in [3.63, 3.8) is 0 Å². The van der Waals surface area contributed by atoms with E-state index in [9.17, 15) is 9.59 Å². The first-order valence-electron chi connectivity index (χ1n) is 10.1. The summed E-state index contributed by atoms with van der Waals surface area (Å²) in [6.45, 7) is 2.29. The van der Waals surface area contributed by atoms with Crippen molar-refractivity contribution in [2.75, 3.05) is 0 Å². The molecule has 0 aromatic heterocycles. The molecule has 0 atom stereocenters. The molecule has 1 aliphatic heterocycles. The van der Waals surface area contributed by atoms with Crippen molar-refractivity contribution >= 4 is 79.1 Å². The molecule has 0 radical (unpaired) electrons. The first-order chi connectivity index (χ1) is 16.3. The van der Waals surface area contributed by atoms with Gasteiger partial charge in [-0.15, -0.1) is 0 Å². The number of nitrogens with one attached hydrogen (secondary N) is 1. The lowest BCUT2D eigenvalue weighted by atomic mass is 10.1. The van der Waals surface area contributed by atoms with Gasteiger partial charge in [-0.25, -0.2) is 9.79 Å². The van der Waals surface area contributed by atoms with Crippen molar-refractivity contribution in [3.8, 4) is 5.75 Å². The van der Waals surface area contributed by atoms with Gasteiger partial charge >= 0.3 is 5.97 Å². The van der Waals surface area contributed by atoms with Crippen molar-refractivity contribution in [1.29, 1.82) is 0 Å². The Hall–Kier alpha value is -2.63. The highest BCUT2D eigenvalue weighted by molar-refractivity contribution is 14.1. The van der Waals surface area contributed by atoms with E-state index in [1.54, 1.807) is 24.3 Å². The lowest BCUT2D eigenvalue weighted by Gasteiger charge is -2.09. The van der Waals surface area contributed by atoms with Crippen LogP contribution in [0.4, 0.5) is 5.69 Å². The van der Waals surface area contributed by atoms with E-state index in [0.717, 1.165) is 30.4 Å². The Labute approximate surface area is 222 Å². The van der Waals surface area contributed by atoms with E-state index in [4.69, 9.17) is 9.84 Å². The molecule has 1 heterocycles. The number of amides is 1. The molecule has 4 rings (SSSR count). The largest absolute Gasteiger partial charge is 0.488 e. The van der Waals surface area contributed by atoms with Gasteiger partial charge in [-0.2, -0.15) is 0 Å². The Kier molecular flexibility index (Phi) is 7.74. The van der Waals surface area contributed by atoms with Crippen molar-refractivity contribution in [1.82, 2.24) is 5.32 Å². The summed E-state index contributed by atoms with van der Waals surface area (Å²) in [5.74, 6) is -0.428. The molecule has 1 aliphatic rings. The van der Waals surface area contributed by atoms with E-state index in [1.807, 2.05) is 49.4 Å². The summed E-state index contributed by atoms with van der Waals surface area (Å²) in [6, 6.07) is 18.1. The van der Waals surface area contributed by atoms with Crippen LogP contribution in [0.3, 0.4) is 0 Å². The number of carboxylic acid groups (broad SMARTS) is 1. The molecule has 172 valence electrons. The predicted octanol–water partition coefficient (Wildman–Crippen LogP) is 6.53. The van der Waals surface area contributed by atoms with Crippen LogP contribution >= 0.6 is 50.3 Å². The molecule has 1 fully saturated rings. The van der Waals surface area contributed by atoms with E-state index in [1.165, 1.54) is 11.8 Å². The number of benzene rings is 3. The fourth-order valence-corrected chi connectivity index (χ4v) is 5.12. The van der Waals surface area contributed by atoms with Crippen LogP contribution in [0.2, 0.25) is 0 Å². The van der Waals surface area contributed by atoms with Crippen molar-refractivity contribution in [3.05, 3.63) is 95.9 Å². The number of aryl methyl sites for hydroxylation is 1. The summed E-state index contributed by atoms with van der Waals surface area (Å²) < 4.78 is 7.77. The van der Waals surface area contributed by atoms with Gasteiger partial charge in [0.25, 0.3) is 5.91 Å². The van der Waals surface area contributed by atoms with Gasteiger partial charge in [-0.3, -0.25) is 4.79 Å². The minimum absolute atomic E-state index is 0.182. The maximum absolute atomic E-state index is 12.4. The Morgan fingerprint density at radius 1 is 1.18 bits per heavy atom. The number of thioether (sulfide) groups is 1. The van der Waals surface area contributed by atoms with E-state index < -0.39 is 5.97 Å². The number of carboxylic acids is 1. The lowest BCUT2D eigenvalue weighted by Crippen LogP contribution is -2.19. The second-order valence-corrected chi connectivity index (χ2v) is 10.5. The normalized spacial score (nSPS) is 15.6. The van der Waals surface area contributed by atoms with Crippen molar-refractivity contribution < 1.29 is 19.4 Å². The number of rotatable bonds is 6. The quantitative estimate of drug-likeness (QED) is 0.234. The minimum Gasteiger partial charge on any atom is -0.488 e. The lowest BCUT2D eigenvalue weighted by molar-refractivity contribution is -0.115. The van der Waals surface area contributed by atoms with Gasteiger partial charge in [0.05, 0.1) is 19.7 Å². The molecule has 1 amide bonds. The van der Waals surface area contributed by atoms with Crippen molar-refractivity contribution in [2.24, 2.45) is 4.99 Å². The predicted molar refractivity (Wildman–Crippen MR) is 147 cm³/mol. The number of halogens is 2. The van der Waals surface area contributed by atoms with Gasteiger partial charge < -0.3 is 15.2 Å². The number of hydrogen-bond acceptors (Lipinski definition) is 5. The number of ether oxygens (including phenoxy) is 1. The van der Waals surface area contributed by atoms with E-state index >= 15 is 0 Å². The standard InChI is InChI=1S/C25H18BrIN2O4S/c1-14-10-18(26)7-8-20(14)28-25-29-23(30)22(34-25)12-16-4-9-21(19(27)11-16)33-13-15-2-5-17(6-3-15)24(31)32/h2-12H,13H2,1H3,(H,31,32)(H,28,29,30)/b22-12-. The van der Waals surface area contributed by atoms with Crippen LogP contribution in [0, 0.1) is 10.5 Å². The number of aromatic carboxylic acids is 1.